The third-order valence-corrected chi connectivity index (χ3v) is 6.67. The average molecular weight is 418 g/mol. The van der Waals surface area contributed by atoms with Crippen molar-refractivity contribution in [3.63, 3.8) is 0 Å². The predicted molar refractivity (Wildman–Crippen MR) is 115 cm³/mol. The molecule has 0 unspecified atom stereocenters. The molecule has 4 aromatic heterocycles. The highest BCUT2D eigenvalue weighted by molar-refractivity contribution is 5.78. The van der Waals surface area contributed by atoms with Crippen LogP contribution >= 0.6 is 0 Å². The molecule has 31 heavy (non-hydrogen) atoms. The highest BCUT2D eigenvalue weighted by atomic mass is 16.5. The summed E-state index contributed by atoms with van der Waals surface area (Å²) in [5.41, 5.74) is 6.12. The first-order chi connectivity index (χ1) is 15.0. The Labute approximate surface area is 177 Å². The van der Waals surface area contributed by atoms with E-state index in [4.69, 9.17) is 9.72 Å². The van der Waals surface area contributed by atoms with Crippen molar-refractivity contribution in [3.05, 3.63) is 46.4 Å². The molecule has 3 aliphatic rings. The number of imidazole rings is 1. The standard InChI is InChI=1S/C21H22N8O2/c1-12-6-17-23-11-24-28(17)10-14(12)25-19-22-9-16-18(26-19)29(20(30)27(16)2)15-4-5-21(31-3)7-13(15)8-21/h6,9-11H,4-5,7-8H2,1-3H3,(H,22,25,26). The van der Waals surface area contributed by atoms with E-state index in [0.717, 1.165) is 48.3 Å². The normalized spacial score (nSPS) is 17.4. The molecule has 0 saturated heterocycles. The summed E-state index contributed by atoms with van der Waals surface area (Å²) in [6, 6.07) is 1.94. The minimum atomic E-state index is -0.0963. The van der Waals surface area contributed by atoms with Crippen LogP contribution in [0.25, 0.3) is 22.5 Å². The molecule has 0 spiro atoms. The molecule has 0 aromatic carbocycles. The summed E-state index contributed by atoms with van der Waals surface area (Å²) >= 11 is 0. The van der Waals surface area contributed by atoms with Crippen molar-refractivity contribution >= 4 is 34.1 Å². The van der Waals surface area contributed by atoms with Crippen molar-refractivity contribution in [2.24, 2.45) is 7.05 Å². The summed E-state index contributed by atoms with van der Waals surface area (Å²) in [6.45, 7) is 1.99. The van der Waals surface area contributed by atoms with Crippen molar-refractivity contribution in [2.45, 2.75) is 38.2 Å². The number of allylic oxidation sites excluding steroid dienone is 1. The van der Waals surface area contributed by atoms with E-state index in [0.29, 0.717) is 17.1 Å². The van der Waals surface area contributed by atoms with Gasteiger partial charge in [-0.05, 0) is 49.8 Å². The number of nitrogens with one attached hydrogen (secondary N) is 1. The minimum Gasteiger partial charge on any atom is -0.378 e. The third-order valence-electron chi connectivity index (χ3n) is 6.67. The Morgan fingerprint density at radius 1 is 1.26 bits per heavy atom. The van der Waals surface area contributed by atoms with E-state index in [9.17, 15) is 4.79 Å². The van der Waals surface area contributed by atoms with Crippen molar-refractivity contribution in [2.75, 3.05) is 12.4 Å². The van der Waals surface area contributed by atoms with Gasteiger partial charge in [-0.2, -0.15) is 10.1 Å². The predicted octanol–water partition coefficient (Wildman–Crippen LogP) is 2.41. The van der Waals surface area contributed by atoms with E-state index in [1.165, 1.54) is 11.9 Å². The Bertz CT molecular complexity index is 1450. The number of aryl methyl sites for hydroxylation is 2. The van der Waals surface area contributed by atoms with Gasteiger partial charge in [-0.15, -0.1) is 0 Å². The minimum absolute atomic E-state index is 0.0355. The second-order valence-corrected chi connectivity index (χ2v) is 8.43. The van der Waals surface area contributed by atoms with Gasteiger partial charge in [0.05, 0.1) is 23.7 Å². The maximum absolute atomic E-state index is 13.1. The van der Waals surface area contributed by atoms with Gasteiger partial charge in [-0.25, -0.2) is 23.8 Å². The Morgan fingerprint density at radius 2 is 2.10 bits per heavy atom. The molecule has 0 radical (unpaired) electrons. The molecule has 1 fully saturated rings. The van der Waals surface area contributed by atoms with Crippen LogP contribution in [0.3, 0.4) is 0 Å². The lowest BCUT2D eigenvalue weighted by Gasteiger charge is -2.48. The Hall–Kier alpha value is -3.53. The number of hydrogen-bond acceptors (Lipinski definition) is 7. The molecular weight excluding hydrogens is 396 g/mol. The Morgan fingerprint density at radius 3 is 2.84 bits per heavy atom. The lowest BCUT2D eigenvalue weighted by Crippen LogP contribution is -2.45. The van der Waals surface area contributed by atoms with Crippen LogP contribution in [0.2, 0.25) is 0 Å². The van der Waals surface area contributed by atoms with Crippen molar-refractivity contribution in [1.82, 2.24) is 33.7 Å². The van der Waals surface area contributed by atoms with Crippen LogP contribution in [0.5, 0.6) is 0 Å². The summed E-state index contributed by atoms with van der Waals surface area (Å²) in [6.07, 6.45) is 8.55. The van der Waals surface area contributed by atoms with Crippen molar-refractivity contribution in [1.29, 1.82) is 0 Å². The number of rotatable bonds is 4. The summed E-state index contributed by atoms with van der Waals surface area (Å²) in [5, 5.41) is 7.46. The zero-order valence-electron chi connectivity index (χ0n) is 17.6. The molecule has 0 aliphatic heterocycles. The molecular formula is C21H22N8O2. The van der Waals surface area contributed by atoms with E-state index in [2.05, 4.69) is 20.4 Å². The number of nitrogens with zero attached hydrogens (tertiary/aromatic N) is 7. The fraction of sp³-hybridized carbons (Fsp3) is 0.381. The first-order valence-corrected chi connectivity index (χ1v) is 10.3. The molecule has 1 saturated carbocycles. The van der Waals surface area contributed by atoms with Gasteiger partial charge in [-0.3, -0.25) is 4.57 Å². The zero-order valence-corrected chi connectivity index (χ0v) is 17.6. The van der Waals surface area contributed by atoms with Gasteiger partial charge in [0.1, 0.15) is 11.8 Å². The van der Waals surface area contributed by atoms with Gasteiger partial charge < -0.3 is 10.1 Å². The fourth-order valence-corrected chi connectivity index (χ4v) is 4.77. The highest BCUT2D eigenvalue weighted by Crippen LogP contribution is 2.51. The molecule has 10 nitrogen and oxygen atoms in total. The first kappa shape index (κ1) is 18.3. The quantitative estimate of drug-likeness (QED) is 0.543. The molecule has 4 aromatic rings. The van der Waals surface area contributed by atoms with Crippen LogP contribution in [-0.2, 0) is 11.8 Å². The maximum atomic E-state index is 13.1. The lowest BCUT2D eigenvalue weighted by molar-refractivity contribution is -0.0531. The summed E-state index contributed by atoms with van der Waals surface area (Å²) in [4.78, 5) is 26.5. The van der Waals surface area contributed by atoms with Crippen LogP contribution in [0.4, 0.5) is 11.6 Å². The molecule has 10 heteroatoms. The highest BCUT2D eigenvalue weighted by Gasteiger charge is 2.46. The van der Waals surface area contributed by atoms with E-state index in [1.807, 2.05) is 19.2 Å². The Kier molecular flexibility index (Phi) is 3.67. The first-order valence-electron chi connectivity index (χ1n) is 10.3. The number of anilines is 2. The van der Waals surface area contributed by atoms with Gasteiger partial charge in [-0.1, -0.05) is 0 Å². The monoisotopic (exact) mass is 418 g/mol. The van der Waals surface area contributed by atoms with Gasteiger partial charge in [0.15, 0.2) is 11.3 Å². The van der Waals surface area contributed by atoms with Gasteiger partial charge in [0, 0.05) is 19.9 Å². The van der Waals surface area contributed by atoms with E-state index in [-0.39, 0.29) is 11.3 Å². The SMILES string of the molecule is COC12CCC(n3c(=O)n(C)c4cnc(Nc5cn6ncnc6cc5C)nc43)=C(C1)C2. The second kappa shape index (κ2) is 6.24. The maximum Gasteiger partial charge on any atom is 0.334 e. The lowest BCUT2D eigenvalue weighted by atomic mass is 9.67. The molecule has 158 valence electrons. The zero-order chi connectivity index (χ0) is 21.3. The largest absolute Gasteiger partial charge is 0.378 e. The topological polar surface area (TPSA) is 104 Å². The van der Waals surface area contributed by atoms with E-state index < -0.39 is 0 Å². The number of fused-ring (bicyclic) bond motifs is 4. The summed E-state index contributed by atoms with van der Waals surface area (Å²) in [5.74, 6) is 0.427. The molecule has 4 heterocycles. The van der Waals surface area contributed by atoms with Crippen molar-refractivity contribution < 1.29 is 4.74 Å². The van der Waals surface area contributed by atoms with E-state index in [1.54, 1.807) is 34.0 Å². The Balaban J connectivity index is 1.45. The third kappa shape index (κ3) is 2.57. The van der Waals surface area contributed by atoms with Gasteiger partial charge >= 0.3 is 5.69 Å². The molecule has 7 rings (SSSR count). The van der Waals surface area contributed by atoms with Crippen molar-refractivity contribution in [3.8, 4) is 0 Å². The molecule has 3 aliphatic carbocycles. The van der Waals surface area contributed by atoms with Crippen LogP contribution in [0.15, 0.2) is 35.2 Å². The number of pyridine rings is 1. The van der Waals surface area contributed by atoms with Crippen LogP contribution in [0.1, 0.15) is 31.2 Å². The van der Waals surface area contributed by atoms with Crippen LogP contribution in [0, 0.1) is 6.92 Å². The second-order valence-electron chi connectivity index (χ2n) is 8.43. The van der Waals surface area contributed by atoms with E-state index >= 15 is 0 Å². The molecule has 2 bridgehead atoms. The number of aromatic nitrogens is 7. The molecule has 0 atom stereocenters. The summed E-state index contributed by atoms with van der Waals surface area (Å²) < 4.78 is 10.8. The number of methoxy groups -OCH3 is 1. The van der Waals surface area contributed by atoms with Crippen LogP contribution < -0.4 is 11.0 Å². The molecule has 1 N–H and O–H groups in total. The molecule has 0 amide bonds. The number of hydrogen-bond donors (Lipinski definition) is 1. The smallest absolute Gasteiger partial charge is 0.334 e. The summed E-state index contributed by atoms with van der Waals surface area (Å²) in [7, 11) is 3.53. The van der Waals surface area contributed by atoms with Crippen LogP contribution in [-0.4, -0.2) is 46.4 Å². The fourth-order valence-electron chi connectivity index (χ4n) is 4.77. The average Bonchev–Trinajstić information content (AvgIpc) is 3.29. The van der Waals surface area contributed by atoms with Gasteiger partial charge in [0.2, 0.25) is 5.95 Å². The number of ether oxygens (including phenoxy) is 1. The van der Waals surface area contributed by atoms with Gasteiger partial charge in [0.25, 0.3) is 0 Å².